The zero-order valence-corrected chi connectivity index (χ0v) is 15.6. The van der Waals surface area contributed by atoms with Crippen molar-refractivity contribution in [2.45, 2.75) is 32.2 Å². The highest BCUT2D eigenvalue weighted by atomic mass is 32.1. The smallest absolute Gasteiger partial charge is 0.228 e. The SMILES string of the molecule is CCOc1ccc(-c2nc(CC(=O)N3CCC(NC)CC3)cs2)cc1. The van der Waals surface area contributed by atoms with Gasteiger partial charge < -0.3 is 15.0 Å². The van der Waals surface area contributed by atoms with Gasteiger partial charge in [-0.2, -0.15) is 0 Å². The van der Waals surface area contributed by atoms with Crippen LogP contribution in [0.3, 0.4) is 0 Å². The number of likely N-dealkylation sites (tertiary alicyclic amines) is 1. The molecule has 0 atom stereocenters. The Labute approximate surface area is 153 Å². The van der Waals surface area contributed by atoms with Crippen molar-refractivity contribution in [3.8, 4) is 16.3 Å². The molecule has 0 saturated carbocycles. The molecule has 1 aromatic heterocycles. The summed E-state index contributed by atoms with van der Waals surface area (Å²) in [5.74, 6) is 1.04. The van der Waals surface area contributed by atoms with Crippen LogP contribution in [0.1, 0.15) is 25.5 Å². The van der Waals surface area contributed by atoms with E-state index in [0.29, 0.717) is 19.1 Å². The number of carbonyl (C=O) groups excluding carboxylic acids is 1. The molecule has 0 bridgehead atoms. The van der Waals surface area contributed by atoms with E-state index < -0.39 is 0 Å². The standard InChI is InChI=1S/C19H25N3O2S/c1-3-24-17-6-4-14(5-7-17)19-21-16(13-25-19)12-18(23)22-10-8-15(20-2)9-11-22/h4-7,13,15,20H,3,8-12H2,1-2H3. The fourth-order valence-electron chi connectivity index (χ4n) is 3.07. The molecule has 1 aliphatic heterocycles. The molecule has 0 radical (unpaired) electrons. The lowest BCUT2D eigenvalue weighted by atomic mass is 10.0. The number of nitrogens with zero attached hydrogens (tertiary/aromatic N) is 2. The van der Waals surface area contributed by atoms with Crippen molar-refractivity contribution in [2.75, 3.05) is 26.7 Å². The molecule has 1 aromatic carbocycles. The van der Waals surface area contributed by atoms with E-state index in [4.69, 9.17) is 4.74 Å². The molecule has 1 aliphatic rings. The first-order valence-corrected chi connectivity index (χ1v) is 9.70. The number of thiazole rings is 1. The first-order valence-electron chi connectivity index (χ1n) is 8.82. The van der Waals surface area contributed by atoms with Crippen LogP contribution in [-0.4, -0.2) is 48.6 Å². The van der Waals surface area contributed by atoms with E-state index in [0.717, 1.165) is 47.9 Å². The molecular weight excluding hydrogens is 334 g/mol. The Kier molecular flexibility index (Phi) is 6.04. The predicted molar refractivity (Wildman–Crippen MR) is 101 cm³/mol. The van der Waals surface area contributed by atoms with Crippen molar-refractivity contribution in [3.63, 3.8) is 0 Å². The number of nitrogens with one attached hydrogen (secondary N) is 1. The van der Waals surface area contributed by atoms with Gasteiger partial charge in [0.15, 0.2) is 0 Å². The first kappa shape index (κ1) is 17.9. The average molecular weight is 359 g/mol. The Morgan fingerprint density at radius 2 is 2.04 bits per heavy atom. The molecule has 1 fully saturated rings. The molecule has 2 aromatic rings. The van der Waals surface area contributed by atoms with E-state index >= 15 is 0 Å². The Balaban J connectivity index is 1.59. The quantitative estimate of drug-likeness (QED) is 0.862. The number of aromatic nitrogens is 1. The van der Waals surface area contributed by atoms with E-state index in [1.54, 1.807) is 11.3 Å². The fourth-order valence-corrected chi connectivity index (χ4v) is 3.89. The number of amides is 1. The third kappa shape index (κ3) is 4.58. The summed E-state index contributed by atoms with van der Waals surface area (Å²) < 4.78 is 5.47. The maximum atomic E-state index is 12.5. The van der Waals surface area contributed by atoms with Crippen LogP contribution in [0.5, 0.6) is 5.75 Å². The summed E-state index contributed by atoms with van der Waals surface area (Å²) in [4.78, 5) is 19.1. The summed E-state index contributed by atoms with van der Waals surface area (Å²) in [5, 5.41) is 6.22. The van der Waals surface area contributed by atoms with Crippen molar-refractivity contribution >= 4 is 17.2 Å². The van der Waals surface area contributed by atoms with Crippen molar-refractivity contribution in [1.82, 2.24) is 15.2 Å². The number of ether oxygens (including phenoxy) is 1. The zero-order valence-electron chi connectivity index (χ0n) is 14.8. The normalized spacial score (nSPS) is 15.4. The molecular formula is C19H25N3O2S. The highest BCUT2D eigenvalue weighted by Gasteiger charge is 2.22. The van der Waals surface area contributed by atoms with Crippen LogP contribution in [0.15, 0.2) is 29.6 Å². The number of carbonyl (C=O) groups is 1. The number of rotatable bonds is 6. The second kappa shape index (κ2) is 8.45. The lowest BCUT2D eigenvalue weighted by molar-refractivity contribution is -0.131. The summed E-state index contributed by atoms with van der Waals surface area (Å²) in [5.41, 5.74) is 1.91. The van der Waals surface area contributed by atoms with Gasteiger partial charge in [-0.15, -0.1) is 11.3 Å². The molecule has 1 amide bonds. The minimum Gasteiger partial charge on any atom is -0.494 e. The Morgan fingerprint density at radius 3 is 2.68 bits per heavy atom. The van der Waals surface area contributed by atoms with Crippen LogP contribution < -0.4 is 10.1 Å². The average Bonchev–Trinajstić information content (AvgIpc) is 3.11. The maximum absolute atomic E-state index is 12.5. The highest BCUT2D eigenvalue weighted by molar-refractivity contribution is 7.13. The van der Waals surface area contributed by atoms with Crippen LogP contribution in [0.25, 0.3) is 10.6 Å². The van der Waals surface area contributed by atoms with Gasteiger partial charge in [-0.1, -0.05) is 0 Å². The van der Waals surface area contributed by atoms with E-state index in [9.17, 15) is 4.79 Å². The molecule has 134 valence electrons. The van der Waals surface area contributed by atoms with Crippen LogP contribution in [0, 0.1) is 0 Å². The topological polar surface area (TPSA) is 54.5 Å². The van der Waals surface area contributed by atoms with Crippen molar-refractivity contribution in [1.29, 1.82) is 0 Å². The number of benzene rings is 1. The van der Waals surface area contributed by atoms with Gasteiger partial charge >= 0.3 is 0 Å². The van der Waals surface area contributed by atoms with Crippen LogP contribution in [0.2, 0.25) is 0 Å². The zero-order chi connectivity index (χ0) is 17.6. The van der Waals surface area contributed by atoms with Crippen molar-refractivity contribution in [3.05, 3.63) is 35.3 Å². The van der Waals surface area contributed by atoms with E-state index in [2.05, 4.69) is 10.3 Å². The fraction of sp³-hybridized carbons (Fsp3) is 0.474. The molecule has 0 spiro atoms. The summed E-state index contributed by atoms with van der Waals surface area (Å²) in [6, 6.07) is 8.47. The lowest BCUT2D eigenvalue weighted by Crippen LogP contribution is -2.44. The van der Waals surface area contributed by atoms with Gasteiger partial charge in [-0.3, -0.25) is 4.79 Å². The van der Waals surface area contributed by atoms with Crippen molar-refractivity contribution in [2.24, 2.45) is 0 Å². The van der Waals surface area contributed by atoms with Crippen LogP contribution in [0.4, 0.5) is 0 Å². The third-order valence-electron chi connectivity index (χ3n) is 4.55. The minimum absolute atomic E-state index is 0.179. The van der Waals surface area contributed by atoms with Gasteiger partial charge in [0.1, 0.15) is 10.8 Å². The maximum Gasteiger partial charge on any atom is 0.228 e. The summed E-state index contributed by atoms with van der Waals surface area (Å²) in [7, 11) is 1.99. The third-order valence-corrected chi connectivity index (χ3v) is 5.49. The molecule has 3 rings (SSSR count). The van der Waals surface area contributed by atoms with Gasteiger partial charge in [-0.25, -0.2) is 4.98 Å². The Hall–Kier alpha value is -1.92. The van der Waals surface area contributed by atoms with Gasteiger partial charge in [-0.05, 0) is 51.1 Å². The second-order valence-corrected chi connectivity index (χ2v) is 7.08. The number of hydrogen-bond donors (Lipinski definition) is 1. The van der Waals surface area contributed by atoms with Crippen LogP contribution >= 0.6 is 11.3 Å². The summed E-state index contributed by atoms with van der Waals surface area (Å²) >= 11 is 1.58. The molecule has 6 heteroatoms. The second-order valence-electron chi connectivity index (χ2n) is 6.22. The summed E-state index contributed by atoms with van der Waals surface area (Å²) in [6.07, 6.45) is 2.44. The molecule has 0 aliphatic carbocycles. The van der Waals surface area contributed by atoms with Gasteiger partial charge in [0.25, 0.3) is 0 Å². The van der Waals surface area contributed by atoms with Crippen LogP contribution in [-0.2, 0) is 11.2 Å². The van der Waals surface area contributed by atoms with E-state index in [1.165, 1.54) is 0 Å². The molecule has 0 unspecified atom stereocenters. The molecule has 1 saturated heterocycles. The molecule has 25 heavy (non-hydrogen) atoms. The molecule has 5 nitrogen and oxygen atoms in total. The van der Waals surface area contributed by atoms with E-state index in [1.807, 2.05) is 48.5 Å². The number of hydrogen-bond acceptors (Lipinski definition) is 5. The Morgan fingerprint density at radius 1 is 1.32 bits per heavy atom. The van der Waals surface area contributed by atoms with Crippen molar-refractivity contribution < 1.29 is 9.53 Å². The lowest BCUT2D eigenvalue weighted by Gasteiger charge is -2.31. The monoisotopic (exact) mass is 359 g/mol. The van der Waals surface area contributed by atoms with Gasteiger partial charge in [0.05, 0.1) is 18.7 Å². The summed E-state index contributed by atoms with van der Waals surface area (Å²) in [6.45, 7) is 4.30. The Bertz CT molecular complexity index is 691. The minimum atomic E-state index is 0.179. The van der Waals surface area contributed by atoms with E-state index in [-0.39, 0.29) is 5.91 Å². The largest absolute Gasteiger partial charge is 0.494 e. The number of piperidine rings is 1. The molecule has 2 heterocycles. The van der Waals surface area contributed by atoms with Gasteiger partial charge in [0, 0.05) is 30.1 Å². The highest BCUT2D eigenvalue weighted by Crippen LogP contribution is 2.26. The van der Waals surface area contributed by atoms with Gasteiger partial charge in [0.2, 0.25) is 5.91 Å². The predicted octanol–water partition coefficient (Wildman–Crippen LogP) is 2.96. The molecule has 1 N–H and O–H groups in total. The first-order chi connectivity index (χ1) is 12.2.